The second kappa shape index (κ2) is 10.4. The first-order chi connectivity index (χ1) is 18.2. The molecule has 1 aromatic carbocycles. The summed E-state index contributed by atoms with van der Waals surface area (Å²) in [5.41, 5.74) is 2.79. The second-order valence-corrected chi connectivity index (χ2v) is 9.98. The zero-order valence-electron chi connectivity index (χ0n) is 20.2. The van der Waals surface area contributed by atoms with Crippen LogP contribution in [-0.4, -0.2) is 38.8 Å². The SMILES string of the molecule is COc1cnc(Cl)cc1-c1cc(C)ncc1C(=O)Nc1nc2c(s1)CN(C(=O)c1cccc(C(F)F)c1)C2. The smallest absolute Gasteiger partial charge is 0.263 e. The minimum atomic E-state index is -2.66. The van der Waals surface area contributed by atoms with Crippen LogP contribution in [0.5, 0.6) is 5.75 Å². The molecular weight excluding hydrogens is 536 g/mol. The van der Waals surface area contributed by atoms with Crippen LogP contribution in [0.25, 0.3) is 11.1 Å². The molecule has 0 fully saturated rings. The number of carbonyl (C=O) groups excluding carboxylic acids is 2. The number of benzene rings is 1. The Balaban J connectivity index is 1.34. The largest absolute Gasteiger partial charge is 0.494 e. The summed E-state index contributed by atoms with van der Waals surface area (Å²) in [4.78, 5) is 41.3. The van der Waals surface area contributed by atoms with Crippen LogP contribution in [-0.2, 0) is 13.1 Å². The molecule has 2 amide bonds. The number of methoxy groups -OCH3 is 1. The Bertz CT molecular complexity index is 1540. The van der Waals surface area contributed by atoms with E-state index in [2.05, 4.69) is 20.3 Å². The lowest BCUT2D eigenvalue weighted by Gasteiger charge is -2.16. The van der Waals surface area contributed by atoms with Gasteiger partial charge in [0.1, 0.15) is 10.9 Å². The highest BCUT2D eigenvalue weighted by atomic mass is 35.5. The van der Waals surface area contributed by atoms with Crippen LogP contribution in [0, 0.1) is 6.92 Å². The highest BCUT2D eigenvalue weighted by molar-refractivity contribution is 7.16. The molecule has 0 saturated carbocycles. The van der Waals surface area contributed by atoms with E-state index in [-0.39, 0.29) is 35.3 Å². The minimum absolute atomic E-state index is 0.192. The van der Waals surface area contributed by atoms with Gasteiger partial charge < -0.3 is 9.64 Å². The van der Waals surface area contributed by atoms with Crippen molar-refractivity contribution in [2.75, 3.05) is 12.4 Å². The molecule has 4 heterocycles. The van der Waals surface area contributed by atoms with E-state index in [0.29, 0.717) is 39.0 Å². The summed E-state index contributed by atoms with van der Waals surface area (Å²) in [5, 5.41) is 3.44. The molecule has 12 heteroatoms. The third-order valence-electron chi connectivity index (χ3n) is 5.98. The number of aromatic nitrogens is 3. The highest BCUT2D eigenvalue weighted by Crippen LogP contribution is 2.36. The number of nitrogens with zero attached hydrogens (tertiary/aromatic N) is 4. The zero-order valence-corrected chi connectivity index (χ0v) is 21.7. The molecule has 8 nitrogen and oxygen atoms in total. The molecule has 4 aromatic rings. The van der Waals surface area contributed by atoms with Crippen molar-refractivity contribution in [2.24, 2.45) is 0 Å². The summed E-state index contributed by atoms with van der Waals surface area (Å²) in [6.45, 7) is 2.29. The number of anilines is 1. The van der Waals surface area contributed by atoms with Crippen molar-refractivity contribution in [2.45, 2.75) is 26.4 Å². The van der Waals surface area contributed by atoms with E-state index in [1.807, 2.05) is 6.92 Å². The number of fused-ring (bicyclic) bond motifs is 1. The molecule has 0 bridgehead atoms. The van der Waals surface area contributed by atoms with Gasteiger partial charge in [0.15, 0.2) is 5.13 Å². The minimum Gasteiger partial charge on any atom is -0.494 e. The number of aryl methyl sites for hydroxylation is 1. The van der Waals surface area contributed by atoms with Crippen molar-refractivity contribution in [3.05, 3.63) is 86.9 Å². The number of ether oxygens (including phenoxy) is 1. The van der Waals surface area contributed by atoms with Gasteiger partial charge in [-0.25, -0.2) is 18.7 Å². The Morgan fingerprint density at radius 2 is 1.95 bits per heavy atom. The molecule has 0 saturated heterocycles. The first-order valence-corrected chi connectivity index (χ1v) is 12.6. The van der Waals surface area contributed by atoms with Gasteiger partial charge in [0, 0.05) is 34.1 Å². The molecule has 38 heavy (non-hydrogen) atoms. The Morgan fingerprint density at radius 3 is 2.68 bits per heavy atom. The third kappa shape index (κ3) is 5.07. The van der Waals surface area contributed by atoms with Crippen LogP contribution in [0.3, 0.4) is 0 Å². The predicted octanol–water partition coefficient (Wildman–Crippen LogP) is 5.92. The monoisotopic (exact) mass is 555 g/mol. The van der Waals surface area contributed by atoms with Gasteiger partial charge in [0.05, 0.1) is 42.5 Å². The first kappa shape index (κ1) is 25.7. The molecule has 1 aliphatic rings. The van der Waals surface area contributed by atoms with Crippen LogP contribution < -0.4 is 10.1 Å². The van der Waals surface area contributed by atoms with E-state index < -0.39 is 12.3 Å². The van der Waals surface area contributed by atoms with E-state index in [0.717, 1.165) is 4.88 Å². The maximum Gasteiger partial charge on any atom is 0.263 e. The number of hydrogen-bond donors (Lipinski definition) is 1. The van der Waals surface area contributed by atoms with Gasteiger partial charge in [-0.05, 0) is 31.2 Å². The highest BCUT2D eigenvalue weighted by Gasteiger charge is 2.29. The van der Waals surface area contributed by atoms with Gasteiger partial charge in [-0.2, -0.15) is 0 Å². The van der Waals surface area contributed by atoms with E-state index in [1.165, 1.54) is 60.0 Å². The fourth-order valence-corrected chi connectivity index (χ4v) is 5.29. The van der Waals surface area contributed by atoms with E-state index >= 15 is 0 Å². The topological polar surface area (TPSA) is 97.3 Å². The lowest BCUT2D eigenvalue weighted by molar-refractivity contribution is 0.0750. The number of hydrogen-bond acceptors (Lipinski definition) is 7. The lowest BCUT2D eigenvalue weighted by Crippen LogP contribution is -2.25. The van der Waals surface area contributed by atoms with Crippen molar-refractivity contribution in [1.29, 1.82) is 0 Å². The van der Waals surface area contributed by atoms with E-state index in [9.17, 15) is 18.4 Å². The number of halogens is 3. The van der Waals surface area contributed by atoms with Gasteiger partial charge in [-0.1, -0.05) is 35.1 Å². The Labute approximate surface area is 225 Å². The Kier molecular flexibility index (Phi) is 7.04. The number of alkyl halides is 2. The zero-order chi connectivity index (χ0) is 27.0. The van der Waals surface area contributed by atoms with Crippen molar-refractivity contribution in [1.82, 2.24) is 19.9 Å². The molecule has 1 aliphatic heterocycles. The second-order valence-electron chi connectivity index (χ2n) is 8.51. The normalized spacial score (nSPS) is 12.5. The summed E-state index contributed by atoms with van der Waals surface area (Å²) in [6.07, 6.45) is 0.303. The Morgan fingerprint density at radius 1 is 1.13 bits per heavy atom. The summed E-state index contributed by atoms with van der Waals surface area (Å²) < 4.78 is 31.5. The molecule has 0 aliphatic carbocycles. The molecular formula is C26H20ClF2N5O3S. The van der Waals surface area contributed by atoms with Crippen LogP contribution in [0.4, 0.5) is 13.9 Å². The number of pyridine rings is 2. The summed E-state index contributed by atoms with van der Waals surface area (Å²) in [6, 6.07) is 8.82. The number of amides is 2. The molecule has 194 valence electrons. The summed E-state index contributed by atoms with van der Waals surface area (Å²) >= 11 is 7.36. The first-order valence-electron chi connectivity index (χ1n) is 11.4. The van der Waals surface area contributed by atoms with E-state index in [1.54, 1.807) is 12.1 Å². The fraction of sp³-hybridized carbons (Fsp3) is 0.192. The molecule has 3 aromatic heterocycles. The molecule has 0 radical (unpaired) electrons. The summed E-state index contributed by atoms with van der Waals surface area (Å²) in [7, 11) is 1.50. The van der Waals surface area contributed by atoms with Gasteiger partial charge >= 0.3 is 0 Å². The van der Waals surface area contributed by atoms with Crippen LogP contribution in [0.15, 0.2) is 48.8 Å². The average molecular weight is 556 g/mol. The third-order valence-corrected chi connectivity index (χ3v) is 7.18. The van der Waals surface area contributed by atoms with Gasteiger partial charge in [0.25, 0.3) is 18.2 Å². The Hall–Kier alpha value is -3.96. The maximum absolute atomic E-state index is 13.3. The fourth-order valence-electron chi connectivity index (χ4n) is 4.15. The van der Waals surface area contributed by atoms with Crippen molar-refractivity contribution < 1.29 is 23.1 Å². The quantitative estimate of drug-likeness (QED) is 0.297. The number of rotatable bonds is 6. The van der Waals surface area contributed by atoms with Crippen LogP contribution >= 0.6 is 22.9 Å². The standard InChI is InChI=1S/C26H20ClF2N5O3S/c1-13-6-16(17-8-22(27)31-10-20(17)37-2)18(9-30-13)24(35)33-26-32-19-11-34(12-21(19)38-26)25(36)15-5-3-4-14(7-15)23(28)29/h3-10,23H,11-12H2,1-2H3,(H,32,33,35). The summed E-state index contributed by atoms with van der Waals surface area (Å²) in [5.74, 6) is -0.332. The molecule has 5 rings (SSSR count). The van der Waals surface area contributed by atoms with Gasteiger partial charge in [-0.15, -0.1) is 0 Å². The van der Waals surface area contributed by atoms with Crippen molar-refractivity contribution in [3.8, 4) is 16.9 Å². The number of carbonyl (C=O) groups is 2. The van der Waals surface area contributed by atoms with Crippen LogP contribution in [0.2, 0.25) is 5.15 Å². The van der Waals surface area contributed by atoms with Gasteiger partial charge in [-0.3, -0.25) is 19.9 Å². The molecule has 0 unspecified atom stereocenters. The van der Waals surface area contributed by atoms with Crippen molar-refractivity contribution in [3.63, 3.8) is 0 Å². The maximum atomic E-state index is 13.3. The molecule has 0 atom stereocenters. The predicted molar refractivity (Wildman–Crippen MR) is 139 cm³/mol. The molecule has 0 spiro atoms. The van der Waals surface area contributed by atoms with Crippen molar-refractivity contribution >= 4 is 39.9 Å². The molecule has 1 N–H and O–H groups in total. The van der Waals surface area contributed by atoms with Crippen LogP contribution in [0.1, 0.15) is 49.0 Å². The van der Waals surface area contributed by atoms with Gasteiger partial charge in [0.2, 0.25) is 0 Å². The number of nitrogens with one attached hydrogen (secondary N) is 1. The lowest BCUT2D eigenvalue weighted by atomic mass is 10.0. The average Bonchev–Trinajstić information content (AvgIpc) is 3.47. The van der Waals surface area contributed by atoms with E-state index in [4.69, 9.17) is 16.3 Å². The number of thiazole rings is 1.